The minimum absolute atomic E-state index is 0.282. The van der Waals surface area contributed by atoms with Crippen molar-refractivity contribution in [1.29, 1.82) is 0 Å². The van der Waals surface area contributed by atoms with Crippen molar-refractivity contribution in [3.63, 3.8) is 0 Å². The predicted molar refractivity (Wildman–Crippen MR) is 92.9 cm³/mol. The van der Waals surface area contributed by atoms with Gasteiger partial charge in [-0.1, -0.05) is 18.2 Å². The van der Waals surface area contributed by atoms with Crippen molar-refractivity contribution in [2.24, 2.45) is 0 Å². The third kappa shape index (κ3) is 4.37. The van der Waals surface area contributed by atoms with Gasteiger partial charge in [0.15, 0.2) is 0 Å². The molecule has 1 heterocycles. The average molecular weight is 331 g/mol. The molecule has 1 aromatic carbocycles. The van der Waals surface area contributed by atoms with E-state index in [4.69, 9.17) is 9.47 Å². The zero-order chi connectivity index (χ0) is 17.9. The van der Waals surface area contributed by atoms with Gasteiger partial charge in [-0.15, -0.1) is 0 Å². The van der Waals surface area contributed by atoms with Crippen LogP contribution in [0.25, 0.3) is 5.57 Å². The first kappa shape index (κ1) is 18.0. The second kappa shape index (κ2) is 7.07. The number of esters is 1. The molecule has 1 amide bonds. The van der Waals surface area contributed by atoms with Gasteiger partial charge in [-0.3, -0.25) is 0 Å². The number of ether oxygens (including phenoxy) is 2. The van der Waals surface area contributed by atoms with Crippen molar-refractivity contribution in [1.82, 2.24) is 4.90 Å². The largest absolute Gasteiger partial charge is 0.465 e. The van der Waals surface area contributed by atoms with Crippen LogP contribution in [0.5, 0.6) is 0 Å². The molecule has 0 saturated carbocycles. The molecule has 0 bridgehead atoms. The van der Waals surface area contributed by atoms with E-state index in [1.165, 1.54) is 12.7 Å². The van der Waals surface area contributed by atoms with Gasteiger partial charge >= 0.3 is 12.1 Å². The number of amides is 1. The van der Waals surface area contributed by atoms with E-state index >= 15 is 0 Å². The lowest BCUT2D eigenvalue weighted by Gasteiger charge is -2.29. The molecule has 5 heteroatoms. The third-order valence-electron chi connectivity index (χ3n) is 3.86. The summed E-state index contributed by atoms with van der Waals surface area (Å²) >= 11 is 0. The summed E-state index contributed by atoms with van der Waals surface area (Å²) in [5.74, 6) is -0.326. The maximum absolute atomic E-state index is 12.1. The number of rotatable bonds is 2. The van der Waals surface area contributed by atoms with Crippen LogP contribution in [0.3, 0.4) is 0 Å². The maximum atomic E-state index is 12.1. The van der Waals surface area contributed by atoms with Crippen molar-refractivity contribution in [3.8, 4) is 0 Å². The molecule has 24 heavy (non-hydrogen) atoms. The van der Waals surface area contributed by atoms with Crippen molar-refractivity contribution in [2.75, 3.05) is 20.2 Å². The number of benzene rings is 1. The van der Waals surface area contributed by atoms with E-state index in [0.29, 0.717) is 18.7 Å². The number of aryl methyl sites for hydroxylation is 1. The Morgan fingerprint density at radius 3 is 2.42 bits per heavy atom. The summed E-state index contributed by atoms with van der Waals surface area (Å²) in [6, 6.07) is 5.70. The van der Waals surface area contributed by atoms with E-state index in [0.717, 1.165) is 17.5 Å². The van der Waals surface area contributed by atoms with Crippen LogP contribution in [0, 0.1) is 6.92 Å². The van der Waals surface area contributed by atoms with Crippen molar-refractivity contribution in [3.05, 3.63) is 41.0 Å². The highest BCUT2D eigenvalue weighted by Crippen LogP contribution is 2.25. The molecule has 0 unspecified atom stereocenters. The van der Waals surface area contributed by atoms with Gasteiger partial charge in [-0.25, -0.2) is 9.59 Å². The van der Waals surface area contributed by atoms with E-state index < -0.39 is 5.60 Å². The highest BCUT2D eigenvalue weighted by atomic mass is 16.6. The van der Waals surface area contributed by atoms with E-state index in [-0.39, 0.29) is 12.1 Å². The Bertz CT molecular complexity index is 670. The Morgan fingerprint density at radius 2 is 1.92 bits per heavy atom. The number of methoxy groups -OCH3 is 1. The summed E-state index contributed by atoms with van der Waals surface area (Å²) < 4.78 is 10.2. The van der Waals surface area contributed by atoms with Gasteiger partial charge in [0.1, 0.15) is 5.60 Å². The molecule has 0 spiro atoms. The van der Waals surface area contributed by atoms with E-state index in [1.807, 2.05) is 45.9 Å². The van der Waals surface area contributed by atoms with Crippen LogP contribution in [-0.4, -0.2) is 42.8 Å². The first-order chi connectivity index (χ1) is 11.2. The Hall–Kier alpha value is -2.30. The van der Waals surface area contributed by atoms with E-state index in [9.17, 15) is 9.59 Å². The molecule has 0 aromatic heterocycles. The molecule has 1 aliphatic heterocycles. The number of carbonyl (C=O) groups is 2. The van der Waals surface area contributed by atoms with Crippen LogP contribution in [0.4, 0.5) is 4.79 Å². The normalized spacial score (nSPS) is 14.9. The summed E-state index contributed by atoms with van der Waals surface area (Å²) in [4.78, 5) is 25.4. The molecule has 0 atom stereocenters. The van der Waals surface area contributed by atoms with Gasteiger partial charge in [-0.05, 0) is 56.9 Å². The summed E-state index contributed by atoms with van der Waals surface area (Å²) in [6.45, 7) is 8.64. The van der Waals surface area contributed by atoms with Crippen LogP contribution in [-0.2, 0) is 9.47 Å². The smallest absolute Gasteiger partial charge is 0.410 e. The lowest BCUT2D eigenvalue weighted by Crippen LogP contribution is -2.39. The van der Waals surface area contributed by atoms with Crippen molar-refractivity contribution >= 4 is 17.6 Å². The first-order valence-electron chi connectivity index (χ1n) is 8.07. The number of hydrogen-bond donors (Lipinski definition) is 0. The van der Waals surface area contributed by atoms with Crippen LogP contribution < -0.4 is 0 Å². The zero-order valence-corrected chi connectivity index (χ0v) is 15.0. The van der Waals surface area contributed by atoms with Crippen LogP contribution in [0.1, 0.15) is 48.7 Å². The second-order valence-electron chi connectivity index (χ2n) is 6.93. The summed E-state index contributed by atoms with van der Waals surface area (Å²) in [7, 11) is 1.38. The number of nitrogens with zero attached hydrogens (tertiary/aromatic N) is 1. The Labute approximate surface area is 143 Å². The summed E-state index contributed by atoms with van der Waals surface area (Å²) in [5.41, 5.74) is 3.23. The second-order valence-corrected chi connectivity index (χ2v) is 6.93. The lowest BCUT2D eigenvalue weighted by atomic mass is 9.96. The van der Waals surface area contributed by atoms with Gasteiger partial charge in [0.05, 0.1) is 12.7 Å². The molecule has 0 saturated heterocycles. The third-order valence-corrected chi connectivity index (χ3v) is 3.86. The Kier molecular flexibility index (Phi) is 5.32. The van der Waals surface area contributed by atoms with Gasteiger partial charge < -0.3 is 14.4 Å². The first-order valence-corrected chi connectivity index (χ1v) is 8.07. The van der Waals surface area contributed by atoms with Gasteiger partial charge in [0.25, 0.3) is 0 Å². The Morgan fingerprint density at radius 1 is 1.21 bits per heavy atom. The summed E-state index contributed by atoms with van der Waals surface area (Å²) in [6.07, 6.45) is 2.52. The molecule has 0 N–H and O–H groups in total. The van der Waals surface area contributed by atoms with Crippen molar-refractivity contribution in [2.45, 2.75) is 39.7 Å². The highest BCUT2D eigenvalue weighted by Gasteiger charge is 2.24. The standard InChI is InChI=1S/C19H25NO4/c1-13-12-15(6-7-16(13)17(21)23-5)14-8-10-20(11-9-14)18(22)24-19(2,3)4/h6-8,12H,9-11H2,1-5H3. The molecule has 0 fully saturated rings. The van der Waals surface area contributed by atoms with Gasteiger partial charge in [-0.2, -0.15) is 0 Å². The topological polar surface area (TPSA) is 55.8 Å². The molecule has 2 rings (SSSR count). The number of carbonyl (C=O) groups excluding carboxylic acids is 2. The molecule has 5 nitrogen and oxygen atoms in total. The number of hydrogen-bond acceptors (Lipinski definition) is 4. The van der Waals surface area contributed by atoms with Crippen LogP contribution in [0.15, 0.2) is 24.3 Å². The SMILES string of the molecule is COC(=O)c1ccc(C2=CCN(C(=O)OC(C)(C)C)CC2)cc1C. The van der Waals surface area contributed by atoms with Crippen LogP contribution in [0.2, 0.25) is 0 Å². The minimum Gasteiger partial charge on any atom is -0.465 e. The summed E-state index contributed by atoms with van der Waals surface area (Å²) in [5, 5.41) is 0. The highest BCUT2D eigenvalue weighted by molar-refractivity contribution is 5.91. The average Bonchev–Trinajstić information content (AvgIpc) is 2.52. The molecular formula is C19H25NO4. The fourth-order valence-electron chi connectivity index (χ4n) is 2.63. The molecule has 0 radical (unpaired) electrons. The fraction of sp³-hybridized carbons (Fsp3) is 0.474. The lowest BCUT2D eigenvalue weighted by molar-refractivity contribution is 0.0270. The molecule has 0 aliphatic carbocycles. The zero-order valence-electron chi connectivity index (χ0n) is 15.0. The minimum atomic E-state index is -0.484. The molecule has 130 valence electrons. The monoisotopic (exact) mass is 331 g/mol. The van der Waals surface area contributed by atoms with Crippen molar-refractivity contribution < 1.29 is 19.1 Å². The quantitative estimate of drug-likeness (QED) is 0.773. The Balaban J connectivity index is 2.09. The van der Waals surface area contributed by atoms with Gasteiger partial charge in [0.2, 0.25) is 0 Å². The van der Waals surface area contributed by atoms with E-state index in [1.54, 1.807) is 11.0 Å². The fourth-order valence-corrected chi connectivity index (χ4v) is 2.63. The van der Waals surface area contributed by atoms with Gasteiger partial charge in [0, 0.05) is 13.1 Å². The van der Waals surface area contributed by atoms with E-state index in [2.05, 4.69) is 0 Å². The van der Waals surface area contributed by atoms with Crippen LogP contribution >= 0.6 is 0 Å². The molecule has 1 aliphatic rings. The predicted octanol–water partition coefficient (Wildman–Crippen LogP) is 3.81. The molecule has 1 aromatic rings. The maximum Gasteiger partial charge on any atom is 0.410 e. The molecular weight excluding hydrogens is 306 g/mol.